The van der Waals surface area contributed by atoms with Gasteiger partial charge in [-0.2, -0.15) is 0 Å². The van der Waals surface area contributed by atoms with Crippen LogP contribution < -0.4 is 4.74 Å². The maximum Gasteiger partial charge on any atom is 0.330 e. The summed E-state index contributed by atoms with van der Waals surface area (Å²) in [5.74, 6) is 0.456. The van der Waals surface area contributed by atoms with Crippen molar-refractivity contribution in [3.63, 3.8) is 0 Å². The van der Waals surface area contributed by atoms with E-state index in [1.807, 2.05) is 6.07 Å². The van der Waals surface area contributed by atoms with E-state index < -0.39 is 5.97 Å². The molecule has 28 heavy (non-hydrogen) atoms. The summed E-state index contributed by atoms with van der Waals surface area (Å²) < 4.78 is 10.8. The molecule has 0 bridgehead atoms. The maximum absolute atomic E-state index is 11.0. The standard InChI is InChI=1S/C24H26O3S/c1-3-24(25)27-15-7-14-26-21-13-12-18-8-6-9-19(16-20(18)17-21)22-10-4-5-11-23(22)28-2/h3-5,10-13,16-17H,1,6-9,14-15H2,2H3. The average molecular weight is 395 g/mol. The third kappa shape index (κ3) is 5.29. The smallest absolute Gasteiger partial charge is 0.330 e. The molecule has 0 radical (unpaired) electrons. The van der Waals surface area contributed by atoms with Crippen molar-refractivity contribution in [1.82, 2.24) is 0 Å². The van der Waals surface area contributed by atoms with Crippen LogP contribution in [0, 0.1) is 0 Å². The summed E-state index contributed by atoms with van der Waals surface area (Å²) in [5, 5.41) is 0. The van der Waals surface area contributed by atoms with E-state index in [4.69, 9.17) is 9.47 Å². The Labute approximate surface area is 171 Å². The molecular weight excluding hydrogens is 368 g/mol. The van der Waals surface area contributed by atoms with Gasteiger partial charge in [0.1, 0.15) is 5.75 Å². The molecule has 0 fully saturated rings. The number of ether oxygens (including phenoxy) is 2. The number of hydrogen-bond donors (Lipinski definition) is 0. The SMILES string of the molecule is C=CC(=O)OCCCOc1ccc2c(c1)C=C(c1ccccc1SC)CCC2. The van der Waals surface area contributed by atoms with Crippen LogP contribution in [0.1, 0.15) is 36.0 Å². The maximum atomic E-state index is 11.0. The van der Waals surface area contributed by atoms with E-state index in [1.54, 1.807) is 11.8 Å². The van der Waals surface area contributed by atoms with Gasteiger partial charge < -0.3 is 9.47 Å². The highest BCUT2D eigenvalue weighted by Crippen LogP contribution is 2.35. The van der Waals surface area contributed by atoms with Crippen LogP contribution in [0.5, 0.6) is 5.75 Å². The topological polar surface area (TPSA) is 35.5 Å². The highest BCUT2D eigenvalue weighted by Gasteiger charge is 2.13. The predicted molar refractivity (Wildman–Crippen MR) is 117 cm³/mol. The van der Waals surface area contributed by atoms with E-state index in [0.717, 1.165) is 25.0 Å². The Morgan fingerprint density at radius 3 is 2.86 bits per heavy atom. The van der Waals surface area contributed by atoms with Gasteiger partial charge in [0.05, 0.1) is 13.2 Å². The van der Waals surface area contributed by atoms with Crippen LogP contribution >= 0.6 is 11.8 Å². The number of allylic oxidation sites excluding steroid dienone is 1. The van der Waals surface area contributed by atoms with E-state index in [9.17, 15) is 4.79 Å². The molecule has 0 heterocycles. The van der Waals surface area contributed by atoms with Gasteiger partial charge in [0.25, 0.3) is 0 Å². The van der Waals surface area contributed by atoms with E-state index in [2.05, 4.69) is 55.3 Å². The molecule has 0 spiro atoms. The third-order valence-electron chi connectivity index (χ3n) is 4.76. The Kier molecular flexibility index (Phi) is 7.38. The lowest BCUT2D eigenvalue weighted by Gasteiger charge is -2.11. The fourth-order valence-electron chi connectivity index (χ4n) is 3.36. The first-order valence-corrected chi connectivity index (χ1v) is 10.8. The van der Waals surface area contributed by atoms with Crippen LogP contribution in [0.15, 0.2) is 60.0 Å². The molecule has 0 amide bonds. The first-order chi connectivity index (χ1) is 13.7. The zero-order valence-electron chi connectivity index (χ0n) is 16.3. The Bertz CT molecular complexity index is 870. The molecule has 0 saturated heterocycles. The molecule has 3 nitrogen and oxygen atoms in total. The van der Waals surface area contributed by atoms with Crippen molar-refractivity contribution in [2.75, 3.05) is 19.5 Å². The number of benzene rings is 2. The van der Waals surface area contributed by atoms with Gasteiger partial charge in [-0.25, -0.2) is 4.79 Å². The minimum Gasteiger partial charge on any atom is -0.493 e. The fourth-order valence-corrected chi connectivity index (χ4v) is 3.99. The number of hydrogen-bond acceptors (Lipinski definition) is 4. The molecule has 0 unspecified atom stereocenters. The molecule has 0 atom stereocenters. The summed E-state index contributed by atoms with van der Waals surface area (Å²) in [7, 11) is 0. The minimum absolute atomic E-state index is 0.339. The van der Waals surface area contributed by atoms with E-state index in [-0.39, 0.29) is 0 Å². The van der Waals surface area contributed by atoms with Crippen molar-refractivity contribution < 1.29 is 14.3 Å². The third-order valence-corrected chi connectivity index (χ3v) is 5.56. The number of esters is 1. The lowest BCUT2D eigenvalue weighted by Crippen LogP contribution is -2.06. The van der Waals surface area contributed by atoms with E-state index >= 15 is 0 Å². The van der Waals surface area contributed by atoms with Crippen molar-refractivity contribution in [3.8, 4) is 5.75 Å². The summed E-state index contributed by atoms with van der Waals surface area (Å²) in [6.07, 6.45) is 9.58. The lowest BCUT2D eigenvalue weighted by atomic mass is 10.0. The van der Waals surface area contributed by atoms with Crippen LogP contribution in [0.25, 0.3) is 11.6 Å². The molecule has 2 aromatic rings. The molecule has 146 valence electrons. The zero-order chi connectivity index (χ0) is 19.8. The van der Waals surface area contributed by atoms with E-state index in [1.165, 1.54) is 33.2 Å². The van der Waals surface area contributed by atoms with Crippen LogP contribution in [-0.4, -0.2) is 25.4 Å². The van der Waals surface area contributed by atoms with Crippen molar-refractivity contribution >= 4 is 29.4 Å². The predicted octanol–water partition coefficient (Wildman–Crippen LogP) is 5.78. The fraction of sp³-hybridized carbons (Fsp3) is 0.292. The van der Waals surface area contributed by atoms with Crippen LogP contribution in [-0.2, 0) is 16.0 Å². The average Bonchev–Trinajstić information content (AvgIpc) is 2.95. The Morgan fingerprint density at radius 2 is 2.04 bits per heavy atom. The van der Waals surface area contributed by atoms with Gasteiger partial charge in [-0.1, -0.05) is 36.9 Å². The quantitative estimate of drug-likeness (QED) is 0.246. The van der Waals surface area contributed by atoms with Crippen LogP contribution in [0.2, 0.25) is 0 Å². The second-order valence-corrected chi connectivity index (χ2v) is 7.51. The summed E-state index contributed by atoms with van der Waals surface area (Å²) in [6.45, 7) is 4.23. The minimum atomic E-state index is -0.395. The lowest BCUT2D eigenvalue weighted by molar-refractivity contribution is -0.137. The second-order valence-electron chi connectivity index (χ2n) is 6.66. The highest BCUT2D eigenvalue weighted by atomic mass is 32.2. The molecule has 2 aromatic carbocycles. The monoisotopic (exact) mass is 394 g/mol. The van der Waals surface area contributed by atoms with Crippen molar-refractivity contribution in [1.29, 1.82) is 0 Å². The van der Waals surface area contributed by atoms with Gasteiger partial charge in [-0.3, -0.25) is 0 Å². The number of aryl methyl sites for hydroxylation is 1. The first-order valence-electron chi connectivity index (χ1n) is 9.60. The summed E-state index contributed by atoms with van der Waals surface area (Å²) in [6, 6.07) is 14.9. The van der Waals surface area contributed by atoms with E-state index in [0.29, 0.717) is 19.6 Å². The summed E-state index contributed by atoms with van der Waals surface area (Å²) in [4.78, 5) is 12.4. The Balaban J connectivity index is 1.72. The largest absolute Gasteiger partial charge is 0.493 e. The number of carbonyl (C=O) groups excluding carboxylic acids is 1. The Hall–Kier alpha value is -2.46. The molecule has 1 aliphatic rings. The second kappa shape index (κ2) is 10.2. The number of fused-ring (bicyclic) bond motifs is 1. The molecule has 0 saturated carbocycles. The zero-order valence-corrected chi connectivity index (χ0v) is 17.1. The normalized spacial score (nSPS) is 13.1. The summed E-state index contributed by atoms with van der Waals surface area (Å²) in [5.41, 5.74) is 5.32. The molecule has 0 aliphatic heterocycles. The van der Waals surface area contributed by atoms with Gasteiger partial charge in [-0.15, -0.1) is 11.8 Å². The highest BCUT2D eigenvalue weighted by molar-refractivity contribution is 7.98. The molecule has 1 aliphatic carbocycles. The van der Waals surface area contributed by atoms with Crippen LogP contribution in [0.4, 0.5) is 0 Å². The number of carbonyl (C=O) groups is 1. The molecule has 0 N–H and O–H groups in total. The van der Waals surface area contributed by atoms with Gasteiger partial charge in [0.15, 0.2) is 0 Å². The van der Waals surface area contributed by atoms with Crippen LogP contribution in [0.3, 0.4) is 0 Å². The van der Waals surface area contributed by atoms with Gasteiger partial charge in [-0.05, 0) is 66.0 Å². The molecule has 4 heteroatoms. The van der Waals surface area contributed by atoms with Crippen molar-refractivity contribution in [3.05, 3.63) is 71.8 Å². The molecule has 0 aromatic heterocycles. The van der Waals surface area contributed by atoms with Gasteiger partial charge in [0, 0.05) is 17.4 Å². The number of thioether (sulfide) groups is 1. The van der Waals surface area contributed by atoms with Crippen molar-refractivity contribution in [2.24, 2.45) is 0 Å². The molecule has 3 rings (SSSR count). The Morgan fingerprint density at radius 1 is 1.18 bits per heavy atom. The number of rotatable bonds is 8. The summed E-state index contributed by atoms with van der Waals surface area (Å²) >= 11 is 1.79. The van der Waals surface area contributed by atoms with Gasteiger partial charge in [0.2, 0.25) is 0 Å². The van der Waals surface area contributed by atoms with Gasteiger partial charge >= 0.3 is 5.97 Å². The van der Waals surface area contributed by atoms with Crippen molar-refractivity contribution in [2.45, 2.75) is 30.6 Å². The molecular formula is C24H26O3S. The first kappa shape index (κ1) is 20.3.